The number of ether oxygens (including phenoxy) is 1. The van der Waals surface area contributed by atoms with Gasteiger partial charge in [-0.3, -0.25) is 9.59 Å². The summed E-state index contributed by atoms with van der Waals surface area (Å²) in [5, 5.41) is 0. The van der Waals surface area contributed by atoms with E-state index in [4.69, 9.17) is 4.74 Å². The van der Waals surface area contributed by atoms with Crippen LogP contribution in [0.5, 0.6) is 0 Å². The minimum absolute atomic E-state index is 0.0553. The maximum absolute atomic E-state index is 13.4. The number of Topliss-reactive ketones (excluding diaryl/α,β-unsaturated/α-hetero) is 1. The molecule has 0 amide bonds. The molecule has 0 N–H and O–H groups in total. The molecule has 6 heteroatoms. The number of rotatable bonds is 6. The molecule has 0 radical (unpaired) electrons. The molecule has 1 aliphatic heterocycles. The van der Waals surface area contributed by atoms with E-state index in [1.165, 1.54) is 6.07 Å². The predicted molar refractivity (Wildman–Crippen MR) is 85.5 cm³/mol. The van der Waals surface area contributed by atoms with Crippen LogP contribution < -0.4 is 0 Å². The summed E-state index contributed by atoms with van der Waals surface area (Å²) in [5.74, 6) is -2.50. The number of hydrogen-bond acceptors (Lipinski definition) is 4. The Balaban J connectivity index is 1.98. The maximum Gasteiger partial charge on any atom is 0.313 e. The number of esters is 1. The van der Waals surface area contributed by atoms with Crippen LogP contribution in [0.1, 0.15) is 31.7 Å². The summed E-state index contributed by atoms with van der Waals surface area (Å²) in [6.45, 7) is 2.70. The lowest BCUT2D eigenvalue weighted by Gasteiger charge is -2.36. The Morgan fingerprint density at radius 3 is 2.71 bits per heavy atom. The first-order chi connectivity index (χ1) is 11.4. The number of likely N-dealkylation sites (N-methyl/N-ethyl adjacent to an activating group) is 1. The van der Waals surface area contributed by atoms with E-state index in [0.717, 1.165) is 12.6 Å². The quantitative estimate of drug-likeness (QED) is 0.591. The zero-order chi connectivity index (χ0) is 17.7. The number of carbonyl (C=O) groups excluding carboxylic acids is 2. The summed E-state index contributed by atoms with van der Waals surface area (Å²) < 4.78 is 31.2. The summed E-state index contributed by atoms with van der Waals surface area (Å²) >= 11 is 0. The van der Waals surface area contributed by atoms with Crippen LogP contribution in [0, 0.1) is 17.6 Å². The van der Waals surface area contributed by atoms with Crippen molar-refractivity contribution < 1.29 is 23.1 Å². The lowest BCUT2D eigenvalue weighted by Crippen LogP contribution is -2.43. The average Bonchev–Trinajstić information content (AvgIpc) is 2.53. The number of likely N-dealkylation sites (tertiary alicyclic amines) is 1. The highest BCUT2D eigenvalue weighted by Crippen LogP contribution is 2.26. The topological polar surface area (TPSA) is 46.6 Å². The molecule has 1 heterocycles. The average molecular weight is 339 g/mol. The second-order valence-corrected chi connectivity index (χ2v) is 6.26. The maximum atomic E-state index is 13.4. The van der Waals surface area contributed by atoms with Crippen molar-refractivity contribution in [3.05, 3.63) is 35.4 Å². The molecule has 1 saturated heterocycles. The van der Waals surface area contributed by atoms with Crippen LogP contribution in [0.15, 0.2) is 18.2 Å². The zero-order valence-corrected chi connectivity index (χ0v) is 14.1. The normalized spacial score (nSPS) is 21.5. The van der Waals surface area contributed by atoms with Gasteiger partial charge in [-0.05, 0) is 57.5 Å². The molecule has 1 aromatic rings. The van der Waals surface area contributed by atoms with Crippen molar-refractivity contribution in [1.29, 1.82) is 0 Å². The van der Waals surface area contributed by atoms with E-state index in [1.807, 2.05) is 7.05 Å². The van der Waals surface area contributed by atoms with Crippen LogP contribution in [0.4, 0.5) is 8.78 Å². The molecule has 0 saturated carbocycles. The molecule has 2 rings (SSSR count). The summed E-state index contributed by atoms with van der Waals surface area (Å²) in [5.41, 5.74) is 0.698. The molecule has 0 aromatic heterocycles. The van der Waals surface area contributed by atoms with Gasteiger partial charge < -0.3 is 9.64 Å². The highest BCUT2D eigenvalue weighted by Gasteiger charge is 2.31. The second-order valence-electron chi connectivity index (χ2n) is 6.26. The van der Waals surface area contributed by atoms with Crippen LogP contribution in [-0.4, -0.2) is 42.9 Å². The number of hydrogen-bond donors (Lipinski definition) is 0. The number of halogens is 2. The largest absolute Gasteiger partial charge is 0.466 e. The molecule has 0 unspecified atom stereocenters. The molecular weight excluding hydrogens is 316 g/mol. The van der Waals surface area contributed by atoms with Gasteiger partial charge in [0.1, 0.15) is 12.2 Å². The third-order valence-corrected chi connectivity index (χ3v) is 4.54. The Morgan fingerprint density at radius 2 is 2.04 bits per heavy atom. The fraction of sp³-hybridized carbons (Fsp3) is 0.556. The third kappa shape index (κ3) is 4.84. The van der Waals surface area contributed by atoms with Gasteiger partial charge in [0.2, 0.25) is 0 Å². The van der Waals surface area contributed by atoms with Crippen LogP contribution in [0.25, 0.3) is 0 Å². The Bertz CT molecular complexity index is 606. The van der Waals surface area contributed by atoms with Crippen LogP contribution >= 0.6 is 0 Å². The summed E-state index contributed by atoms with van der Waals surface area (Å²) in [6.07, 6.45) is 1.65. The molecule has 0 aliphatic carbocycles. The summed E-state index contributed by atoms with van der Waals surface area (Å²) in [6, 6.07) is 3.94. The van der Waals surface area contributed by atoms with E-state index in [0.29, 0.717) is 24.8 Å². The van der Waals surface area contributed by atoms with Crippen molar-refractivity contribution in [2.24, 2.45) is 5.92 Å². The molecule has 0 bridgehead atoms. The van der Waals surface area contributed by atoms with Crippen LogP contribution in [0.2, 0.25) is 0 Å². The van der Waals surface area contributed by atoms with Gasteiger partial charge in [-0.2, -0.15) is 0 Å². The van der Waals surface area contributed by atoms with E-state index >= 15 is 0 Å². The fourth-order valence-electron chi connectivity index (χ4n) is 3.14. The van der Waals surface area contributed by atoms with Crippen molar-refractivity contribution in [3.63, 3.8) is 0 Å². The minimum atomic E-state index is -0.863. The first-order valence-corrected chi connectivity index (χ1v) is 8.23. The molecular formula is C18H23F2NO3. The van der Waals surface area contributed by atoms with Crippen molar-refractivity contribution >= 4 is 11.8 Å². The van der Waals surface area contributed by atoms with Gasteiger partial charge in [-0.25, -0.2) is 8.78 Å². The van der Waals surface area contributed by atoms with Gasteiger partial charge in [0, 0.05) is 12.0 Å². The van der Waals surface area contributed by atoms with Crippen LogP contribution in [0.3, 0.4) is 0 Å². The number of ketones is 1. The molecule has 2 atom stereocenters. The van der Waals surface area contributed by atoms with E-state index in [-0.39, 0.29) is 30.8 Å². The number of piperidine rings is 1. The van der Waals surface area contributed by atoms with Crippen molar-refractivity contribution in [1.82, 2.24) is 4.90 Å². The molecule has 1 aliphatic rings. The van der Waals surface area contributed by atoms with E-state index < -0.39 is 17.6 Å². The molecule has 1 fully saturated rings. The van der Waals surface area contributed by atoms with E-state index in [9.17, 15) is 18.4 Å². The monoisotopic (exact) mass is 339 g/mol. The Labute approximate surface area is 140 Å². The standard InChI is InChI=1S/C18H23F2NO3/c1-3-24-18(23)11-17(22)13-6-7-21(2)14(10-13)8-12-4-5-15(19)16(20)9-12/h4-5,9,13-14H,3,6-8,10-11H2,1-2H3/t13-,14-/m1/s1. The van der Waals surface area contributed by atoms with E-state index in [2.05, 4.69) is 4.90 Å². The van der Waals surface area contributed by atoms with Gasteiger partial charge in [-0.15, -0.1) is 0 Å². The number of carbonyl (C=O) groups is 2. The lowest BCUT2D eigenvalue weighted by atomic mass is 9.84. The van der Waals surface area contributed by atoms with Crippen molar-refractivity contribution in [2.75, 3.05) is 20.2 Å². The highest BCUT2D eigenvalue weighted by molar-refractivity contribution is 5.96. The minimum Gasteiger partial charge on any atom is -0.466 e. The Morgan fingerprint density at radius 1 is 1.29 bits per heavy atom. The smallest absolute Gasteiger partial charge is 0.313 e. The number of nitrogens with zero attached hydrogens (tertiary/aromatic N) is 1. The van der Waals surface area contributed by atoms with Gasteiger partial charge in [-0.1, -0.05) is 6.07 Å². The molecule has 24 heavy (non-hydrogen) atoms. The van der Waals surface area contributed by atoms with Gasteiger partial charge >= 0.3 is 5.97 Å². The molecule has 1 aromatic carbocycles. The first kappa shape index (κ1) is 18.5. The van der Waals surface area contributed by atoms with Gasteiger partial charge in [0.05, 0.1) is 6.61 Å². The SMILES string of the molecule is CCOC(=O)CC(=O)[C@@H]1CCN(C)[C@H](Cc2ccc(F)c(F)c2)C1. The summed E-state index contributed by atoms with van der Waals surface area (Å²) in [4.78, 5) is 25.9. The second kappa shape index (κ2) is 8.33. The fourth-order valence-corrected chi connectivity index (χ4v) is 3.14. The Kier molecular flexibility index (Phi) is 6.43. The van der Waals surface area contributed by atoms with Crippen molar-refractivity contribution in [3.8, 4) is 0 Å². The van der Waals surface area contributed by atoms with Gasteiger partial charge in [0.15, 0.2) is 11.6 Å². The molecule has 4 nitrogen and oxygen atoms in total. The van der Waals surface area contributed by atoms with E-state index in [1.54, 1.807) is 13.0 Å². The lowest BCUT2D eigenvalue weighted by molar-refractivity contribution is -0.146. The van der Waals surface area contributed by atoms with Crippen LogP contribution in [-0.2, 0) is 20.7 Å². The zero-order valence-electron chi connectivity index (χ0n) is 14.1. The third-order valence-electron chi connectivity index (χ3n) is 4.54. The molecule has 132 valence electrons. The molecule has 0 spiro atoms. The predicted octanol–water partition coefficient (Wildman–Crippen LogP) is 2.74. The van der Waals surface area contributed by atoms with Gasteiger partial charge in [0.25, 0.3) is 0 Å². The van der Waals surface area contributed by atoms with Crippen molar-refractivity contribution in [2.45, 2.75) is 38.6 Å². The number of benzene rings is 1. The highest BCUT2D eigenvalue weighted by atomic mass is 19.2. The summed E-state index contributed by atoms with van der Waals surface area (Å²) in [7, 11) is 1.95. The first-order valence-electron chi connectivity index (χ1n) is 8.23. The Hall–Kier alpha value is -1.82.